The number of rotatable bonds is 3. The Morgan fingerprint density at radius 2 is 1.81 bits per heavy atom. The van der Waals surface area contributed by atoms with E-state index in [1.54, 1.807) is 11.0 Å². The molecule has 1 aliphatic rings. The highest BCUT2D eigenvalue weighted by atomic mass is 19.4. The van der Waals surface area contributed by atoms with Crippen molar-refractivity contribution >= 4 is 11.5 Å². The van der Waals surface area contributed by atoms with Gasteiger partial charge in [0.05, 0.1) is 17.8 Å². The molecule has 21 heavy (non-hydrogen) atoms. The van der Waals surface area contributed by atoms with E-state index >= 15 is 0 Å². The summed E-state index contributed by atoms with van der Waals surface area (Å²) >= 11 is 0. The first-order valence-electron chi connectivity index (χ1n) is 6.61. The summed E-state index contributed by atoms with van der Waals surface area (Å²) in [5.41, 5.74) is 0.455. The van der Waals surface area contributed by atoms with Crippen LogP contribution in [0.5, 0.6) is 0 Å². The summed E-state index contributed by atoms with van der Waals surface area (Å²) in [4.78, 5) is 14.6. The Hall–Kier alpha value is -1.63. The fraction of sp³-hybridized carbons (Fsp3) is 0.500. The van der Waals surface area contributed by atoms with Crippen molar-refractivity contribution in [2.45, 2.75) is 13.1 Å². The zero-order valence-electron chi connectivity index (χ0n) is 11.6. The second kappa shape index (κ2) is 6.01. The lowest BCUT2D eigenvalue weighted by atomic mass is 10.1. The Kier molecular flexibility index (Phi) is 4.51. The number of hydrogen-bond donors (Lipinski definition) is 0. The van der Waals surface area contributed by atoms with Crippen molar-refractivity contribution in [3.63, 3.8) is 0 Å². The standard InChI is InChI=1S/C14H16F4N2O/c1-10(21)13-11(15)3-2-4-12(13)20-7-5-19(6-8-20)9-14(16,17)18/h2-4H,5-9H2,1H3. The van der Waals surface area contributed by atoms with E-state index in [-0.39, 0.29) is 24.4 Å². The van der Waals surface area contributed by atoms with Crippen LogP contribution < -0.4 is 4.90 Å². The monoisotopic (exact) mass is 304 g/mol. The van der Waals surface area contributed by atoms with Crippen LogP contribution in [-0.4, -0.2) is 49.6 Å². The summed E-state index contributed by atoms with van der Waals surface area (Å²) in [6.07, 6.45) is -4.22. The molecule has 1 aliphatic heterocycles. The minimum atomic E-state index is -4.22. The van der Waals surface area contributed by atoms with Crippen LogP contribution >= 0.6 is 0 Å². The van der Waals surface area contributed by atoms with Crippen LogP contribution in [0.15, 0.2) is 18.2 Å². The van der Waals surface area contributed by atoms with Gasteiger partial charge in [-0.05, 0) is 19.1 Å². The van der Waals surface area contributed by atoms with E-state index in [0.29, 0.717) is 18.8 Å². The van der Waals surface area contributed by atoms with Crippen molar-refractivity contribution < 1.29 is 22.4 Å². The maximum Gasteiger partial charge on any atom is 0.401 e. The topological polar surface area (TPSA) is 23.6 Å². The Labute approximate surface area is 120 Å². The molecule has 0 bridgehead atoms. The predicted octanol–water partition coefficient (Wildman–Crippen LogP) is 2.71. The average molecular weight is 304 g/mol. The molecule has 0 radical (unpaired) electrons. The van der Waals surface area contributed by atoms with Crippen molar-refractivity contribution in [3.8, 4) is 0 Å². The predicted molar refractivity (Wildman–Crippen MR) is 71.1 cm³/mol. The minimum absolute atomic E-state index is 0.00164. The van der Waals surface area contributed by atoms with Crippen molar-refractivity contribution in [1.82, 2.24) is 4.90 Å². The van der Waals surface area contributed by atoms with Gasteiger partial charge in [0.1, 0.15) is 5.82 Å². The molecule has 0 spiro atoms. The zero-order valence-corrected chi connectivity index (χ0v) is 11.6. The normalized spacial score (nSPS) is 17.1. The first-order valence-corrected chi connectivity index (χ1v) is 6.61. The molecule has 0 atom stereocenters. The van der Waals surface area contributed by atoms with Gasteiger partial charge in [-0.3, -0.25) is 9.69 Å². The maximum absolute atomic E-state index is 13.7. The Balaban J connectivity index is 2.10. The third-order valence-corrected chi connectivity index (χ3v) is 3.46. The summed E-state index contributed by atoms with van der Waals surface area (Å²) in [6.45, 7) is 1.46. The van der Waals surface area contributed by atoms with Gasteiger partial charge in [0, 0.05) is 26.2 Å². The molecule has 1 aromatic carbocycles. The van der Waals surface area contributed by atoms with E-state index in [1.807, 2.05) is 0 Å². The first kappa shape index (κ1) is 15.8. The molecule has 0 unspecified atom stereocenters. The molecule has 116 valence electrons. The number of carbonyl (C=O) groups is 1. The van der Waals surface area contributed by atoms with Gasteiger partial charge in [0.2, 0.25) is 0 Å². The highest BCUT2D eigenvalue weighted by molar-refractivity contribution is 6.00. The van der Waals surface area contributed by atoms with Gasteiger partial charge >= 0.3 is 6.18 Å². The lowest BCUT2D eigenvalue weighted by molar-refractivity contribution is -0.146. The van der Waals surface area contributed by atoms with E-state index < -0.39 is 18.5 Å². The van der Waals surface area contributed by atoms with Gasteiger partial charge in [-0.1, -0.05) is 6.07 Å². The summed E-state index contributed by atoms with van der Waals surface area (Å²) in [5.74, 6) is -0.987. The molecule has 0 amide bonds. The number of anilines is 1. The minimum Gasteiger partial charge on any atom is -0.368 e. The van der Waals surface area contributed by atoms with Crippen LogP contribution in [0.1, 0.15) is 17.3 Å². The number of carbonyl (C=O) groups excluding carboxylic acids is 1. The molecule has 1 saturated heterocycles. The van der Waals surface area contributed by atoms with Crippen molar-refractivity contribution in [1.29, 1.82) is 0 Å². The van der Waals surface area contributed by atoms with Gasteiger partial charge in [0.15, 0.2) is 5.78 Å². The van der Waals surface area contributed by atoms with Gasteiger partial charge in [0.25, 0.3) is 0 Å². The second-order valence-corrected chi connectivity index (χ2v) is 5.07. The lowest BCUT2D eigenvalue weighted by Crippen LogP contribution is -2.49. The molecule has 1 aromatic rings. The SMILES string of the molecule is CC(=O)c1c(F)cccc1N1CCN(CC(F)(F)F)CC1. The number of ketones is 1. The molecule has 3 nitrogen and oxygen atoms in total. The number of nitrogens with zero attached hydrogens (tertiary/aromatic N) is 2. The third-order valence-electron chi connectivity index (χ3n) is 3.46. The van der Waals surface area contributed by atoms with Crippen molar-refractivity contribution in [3.05, 3.63) is 29.6 Å². The molecule has 0 aliphatic carbocycles. The quantitative estimate of drug-likeness (QED) is 0.634. The van der Waals surface area contributed by atoms with Crippen LogP contribution in [0.4, 0.5) is 23.2 Å². The Morgan fingerprint density at radius 3 is 2.33 bits per heavy atom. The third kappa shape index (κ3) is 3.93. The Morgan fingerprint density at radius 1 is 1.19 bits per heavy atom. The van der Waals surface area contributed by atoms with Crippen LogP contribution in [-0.2, 0) is 0 Å². The molecule has 0 aromatic heterocycles. The van der Waals surface area contributed by atoms with E-state index in [9.17, 15) is 22.4 Å². The van der Waals surface area contributed by atoms with Gasteiger partial charge in [-0.25, -0.2) is 4.39 Å². The average Bonchev–Trinajstić information content (AvgIpc) is 2.37. The van der Waals surface area contributed by atoms with Crippen molar-refractivity contribution in [2.75, 3.05) is 37.6 Å². The molecular weight excluding hydrogens is 288 g/mol. The number of alkyl halides is 3. The highest BCUT2D eigenvalue weighted by Crippen LogP contribution is 2.26. The van der Waals surface area contributed by atoms with E-state index in [0.717, 1.165) is 0 Å². The second-order valence-electron chi connectivity index (χ2n) is 5.07. The van der Waals surface area contributed by atoms with E-state index in [1.165, 1.54) is 24.0 Å². The number of piperazine rings is 1. The molecular formula is C14H16F4N2O. The molecule has 0 saturated carbocycles. The van der Waals surface area contributed by atoms with Crippen LogP contribution in [0.3, 0.4) is 0 Å². The van der Waals surface area contributed by atoms with Crippen LogP contribution in [0.2, 0.25) is 0 Å². The van der Waals surface area contributed by atoms with Crippen LogP contribution in [0, 0.1) is 5.82 Å². The fourth-order valence-corrected chi connectivity index (χ4v) is 2.53. The Bertz CT molecular complexity index is 522. The van der Waals surface area contributed by atoms with E-state index in [2.05, 4.69) is 0 Å². The zero-order chi connectivity index (χ0) is 15.6. The smallest absolute Gasteiger partial charge is 0.368 e. The van der Waals surface area contributed by atoms with Gasteiger partial charge < -0.3 is 4.90 Å². The lowest BCUT2D eigenvalue weighted by Gasteiger charge is -2.37. The number of benzene rings is 1. The summed E-state index contributed by atoms with van der Waals surface area (Å²) in [5, 5.41) is 0. The molecule has 2 rings (SSSR count). The van der Waals surface area contributed by atoms with Gasteiger partial charge in [-0.2, -0.15) is 13.2 Å². The maximum atomic E-state index is 13.7. The summed E-state index contributed by atoms with van der Waals surface area (Å²) < 4.78 is 50.7. The molecule has 1 heterocycles. The molecule has 0 N–H and O–H groups in total. The number of Topliss-reactive ketones (excluding diaryl/α,β-unsaturated/α-hetero) is 1. The summed E-state index contributed by atoms with van der Waals surface area (Å²) in [7, 11) is 0. The summed E-state index contributed by atoms with van der Waals surface area (Å²) in [6, 6.07) is 4.33. The largest absolute Gasteiger partial charge is 0.401 e. The fourth-order valence-electron chi connectivity index (χ4n) is 2.53. The number of hydrogen-bond acceptors (Lipinski definition) is 3. The molecule has 1 fully saturated rings. The number of halogens is 4. The van der Waals surface area contributed by atoms with Crippen LogP contribution in [0.25, 0.3) is 0 Å². The van der Waals surface area contributed by atoms with Gasteiger partial charge in [-0.15, -0.1) is 0 Å². The molecule has 7 heteroatoms. The van der Waals surface area contributed by atoms with Crippen molar-refractivity contribution in [2.24, 2.45) is 0 Å². The van der Waals surface area contributed by atoms with E-state index in [4.69, 9.17) is 0 Å². The first-order chi connectivity index (χ1) is 9.78. The highest BCUT2D eigenvalue weighted by Gasteiger charge is 2.32.